The third-order valence-corrected chi connectivity index (χ3v) is 7.37. The van der Waals surface area contributed by atoms with Crippen molar-refractivity contribution in [3.8, 4) is 5.75 Å². The summed E-state index contributed by atoms with van der Waals surface area (Å²) in [5, 5.41) is 27.7. The Morgan fingerprint density at radius 2 is 1.48 bits per heavy atom. The molecular weight excluding hydrogens is 596 g/mol. The number of fused-ring (bicyclic) bond motifs is 1. The zero-order chi connectivity index (χ0) is 33.2. The SMILES string of the molecule is NC(=O)CCC(NC(=O)C(Cc1cnc[nH]1)NC(=O)C(Cc1c[nH]c2ccccc12)NC(=O)C(N)Cc1ccc(O)cc1)C(=O)O. The highest BCUT2D eigenvalue weighted by atomic mass is 16.4. The maximum Gasteiger partial charge on any atom is 0.326 e. The van der Waals surface area contributed by atoms with Crippen LogP contribution in [0.1, 0.15) is 29.7 Å². The van der Waals surface area contributed by atoms with Crippen LogP contribution in [0.5, 0.6) is 5.75 Å². The molecule has 0 aliphatic heterocycles. The Bertz CT molecular complexity index is 1670. The van der Waals surface area contributed by atoms with E-state index in [1.165, 1.54) is 24.7 Å². The molecule has 2 aromatic carbocycles. The number of carboxylic acids is 1. The van der Waals surface area contributed by atoms with Crippen LogP contribution in [0.4, 0.5) is 0 Å². The van der Waals surface area contributed by atoms with E-state index in [9.17, 15) is 34.2 Å². The van der Waals surface area contributed by atoms with Crippen molar-refractivity contribution in [2.24, 2.45) is 11.5 Å². The minimum atomic E-state index is -1.44. The minimum Gasteiger partial charge on any atom is -0.508 e. The molecule has 4 atom stereocenters. The van der Waals surface area contributed by atoms with Crippen molar-refractivity contribution < 1.29 is 34.2 Å². The van der Waals surface area contributed by atoms with E-state index >= 15 is 0 Å². The quantitative estimate of drug-likeness (QED) is 0.0788. The molecule has 0 fully saturated rings. The van der Waals surface area contributed by atoms with Crippen molar-refractivity contribution in [2.45, 2.75) is 56.3 Å². The number of aliphatic carboxylic acids is 1. The molecule has 2 heterocycles. The molecule has 4 unspecified atom stereocenters. The lowest BCUT2D eigenvalue weighted by atomic mass is 10.0. The maximum absolute atomic E-state index is 13.8. The van der Waals surface area contributed by atoms with Crippen LogP contribution in [-0.2, 0) is 43.2 Å². The predicted octanol–water partition coefficient (Wildman–Crippen LogP) is -0.244. The topological polar surface area (TPSA) is 258 Å². The Morgan fingerprint density at radius 1 is 0.826 bits per heavy atom. The molecule has 4 aromatic rings. The molecule has 0 bridgehead atoms. The summed E-state index contributed by atoms with van der Waals surface area (Å²) in [5.41, 5.74) is 14.0. The van der Waals surface area contributed by atoms with E-state index in [4.69, 9.17) is 11.5 Å². The van der Waals surface area contributed by atoms with Gasteiger partial charge in [0.15, 0.2) is 0 Å². The number of aromatic amines is 2. The molecule has 4 rings (SSSR count). The number of hydrogen-bond acceptors (Lipinski definition) is 8. The number of primary amides is 1. The van der Waals surface area contributed by atoms with Crippen LogP contribution in [0.3, 0.4) is 0 Å². The molecule has 0 aliphatic carbocycles. The van der Waals surface area contributed by atoms with Gasteiger partial charge in [-0.25, -0.2) is 9.78 Å². The van der Waals surface area contributed by atoms with Gasteiger partial charge < -0.3 is 47.6 Å². The van der Waals surface area contributed by atoms with E-state index in [2.05, 4.69) is 30.9 Å². The summed E-state index contributed by atoms with van der Waals surface area (Å²) in [6, 6.07) is 8.64. The number of aromatic nitrogens is 3. The third-order valence-electron chi connectivity index (χ3n) is 7.37. The van der Waals surface area contributed by atoms with Crippen LogP contribution in [0.15, 0.2) is 67.3 Å². The molecule has 4 amide bonds. The van der Waals surface area contributed by atoms with Crippen molar-refractivity contribution in [3.63, 3.8) is 0 Å². The highest BCUT2D eigenvalue weighted by Crippen LogP contribution is 2.20. The Morgan fingerprint density at radius 3 is 2.13 bits per heavy atom. The molecule has 0 radical (unpaired) electrons. The number of carbonyl (C=O) groups excluding carboxylic acids is 4. The van der Waals surface area contributed by atoms with Gasteiger partial charge in [-0.05, 0) is 42.2 Å². The summed E-state index contributed by atoms with van der Waals surface area (Å²) in [7, 11) is 0. The number of carbonyl (C=O) groups is 5. The monoisotopic (exact) mass is 632 g/mol. The van der Waals surface area contributed by atoms with E-state index in [-0.39, 0.29) is 37.9 Å². The van der Waals surface area contributed by atoms with Gasteiger partial charge in [0, 0.05) is 48.3 Å². The molecular formula is C31H36N8O7. The second-order valence-electron chi connectivity index (χ2n) is 10.8. The normalized spacial score (nSPS) is 13.7. The number of imidazole rings is 1. The van der Waals surface area contributed by atoms with Crippen molar-refractivity contribution in [3.05, 3.63) is 84.1 Å². The summed E-state index contributed by atoms with van der Waals surface area (Å²) in [6.45, 7) is 0. The van der Waals surface area contributed by atoms with Crippen LogP contribution < -0.4 is 27.4 Å². The fourth-order valence-corrected chi connectivity index (χ4v) is 4.90. The zero-order valence-electron chi connectivity index (χ0n) is 24.7. The van der Waals surface area contributed by atoms with E-state index in [1.54, 1.807) is 18.3 Å². The smallest absolute Gasteiger partial charge is 0.326 e. The molecule has 0 saturated carbocycles. The van der Waals surface area contributed by atoms with Crippen molar-refractivity contribution in [1.82, 2.24) is 30.9 Å². The molecule has 0 spiro atoms. The Labute approximate surface area is 263 Å². The van der Waals surface area contributed by atoms with Gasteiger partial charge >= 0.3 is 5.97 Å². The van der Waals surface area contributed by atoms with Crippen molar-refractivity contribution in [2.75, 3.05) is 0 Å². The molecule has 46 heavy (non-hydrogen) atoms. The summed E-state index contributed by atoms with van der Waals surface area (Å²) in [4.78, 5) is 73.4. The Hall–Kier alpha value is -5.70. The lowest BCUT2D eigenvalue weighted by Gasteiger charge is -2.25. The number of aromatic hydroxyl groups is 1. The van der Waals surface area contributed by atoms with Crippen LogP contribution in [-0.4, -0.2) is 78.9 Å². The van der Waals surface area contributed by atoms with Crippen LogP contribution in [0.25, 0.3) is 10.9 Å². The van der Waals surface area contributed by atoms with Gasteiger partial charge in [0.05, 0.1) is 12.4 Å². The van der Waals surface area contributed by atoms with Gasteiger partial charge in [-0.15, -0.1) is 0 Å². The van der Waals surface area contributed by atoms with Gasteiger partial charge in [0.1, 0.15) is 23.9 Å². The number of nitrogens with one attached hydrogen (secondary N) is 5. The van der Waals surface area contributed by atoms with Crippen LogP contribution in [0, 0.1) is 0 Å². The number of nitrogens with zero attached hydrogens (tertiary/aromatic N) is 1. The molecule has 0 saturated heterocycles. The number of phenolic OH excluding ortho intramolecular Hbond substituents is 1. The number of hydrogen-bond donors (Lipinski definition) is 9. The average Bonchev–Trinajstić information content (AvgIpc) is 3.69. The first-order chi connectivity index (χ1) is 22.0. The molecule has 15 heteroatoms. The van der Waals surface area contributed by atoms with E-state index in [0.717, 1.165) is 16.5 Å². The zero-order valence-corrected chi connectivity index (χ0v) is 24.7. The largest absolute Gasteiger partial charge is 0.508 e. The first-order valence-corrected chi connectivity index (χ1v) is 14.5. The second-order valence-corrected chi connectivity index (χ2v) is 10.8. The van der Waals surface area contributed by atoms with Gasteiger partial charge in [-0.1, -0.05) is 30.3 Å². The summed E-state index contributed by atoms with van der Waals surface area (Å²) < 4.78 is 0. The molecule has 0 aliphatic rings. The number of phenols is 1. The lowest BCUT2D eigenvalue weighted by molar-refractivity contribution is -0.142. The summed E-state index contributed by atoms with van der Waals surface area (Å²) in [6.07, 6.45) is 4.09. The number of rotatable bonds is 16. The second kappa shape index (κ2) is 15.3. The van der Waals surface area contributed by atoms with Crippen molar-refractivity contribution >= 4 is 40.5 Å². The Balaban J connectivity index is 1.56. The number of nitrogens with two attached hydrogens (primary N) is 2. The van der Waals surface area contributed by atoms with E-state index in [0.29, 0.717) is 11.3 Å². The third kappa shape index (κ3) is 9.15. The summed E-state index contributed by atoms with van der Waals surface area (Å²) >= 11 is 0. The fraction of sp³-hybridized carbons (Fsp3) is 0.290. The van der Waals surface area contributed by atoms with E-state index in [1.807, 2.05) is 24.3 Å². The standard InChI is InChI=1S/C31H36N8O7/c32-22(11-17-5-7-20(40)8-6-17)28(42)38-25(12-18-14-35-23-4-2-1-3-21(18)23)29(43)39-26(13-19-15-34-16-36-19)30(44)37-24(31(45)46)9-10-27(33)41/h1-8,14-16,22,24-26,35,40H,9-13,32H2,(H2,33,41)(H,34,36)(H,37,44)(H,38,42)(H,39,43)(H,45,46). The van der Waals surface area contributed by atoms with E-state index < -0.39 is 53.8 Å². The van der Waals surface area contributed by atoms with Crippen LogP contribution in [0.2, 0.25) is 0 Å². The molecule has 15 nitrogen and oxygen atoms in total. The average molecular weight is 633 g/mol. The minimum absolute atomic E-state index is 0.0300. The molecule has 2 aromatic heterocycles. The first kappa shape index (κ1) is 33.2. The number of H-pyrrole nitrogens is 2. The maximum atomic E-state index is 13.8. The van der Waals surface area contributed by atoms with Gasteiger partial charge in [-0.2, -0.15) is 0 Å². The Kier molecular flexibility index (Phi) is 11.1. The molecule has 11 N–H and O–H groups in total. The number of para-hydroxylation sites is 1. The number of carboxylic acid groups (broad SMARTS) is 1. The van der Waals surface area contributed by atoms with Crippen LogP contribution >= 0.6 is 0 Å². The highest BCUT2D eigenvalue weighted by Gasteiger charge is 2.31. The van der Waals surface area contributed by atoms with Crippen molar-refractivity contribution in [1.29, 1.82) is 0 Å². The van der Waals surface area contributed by atoms with Gasteiger partial charge in [0.25, 0.3) is 0 Å². The predicted molar refractivity (Wildman–Crippen MR) is 166 cm³/mol. The van der Waals surface area contributed by atoms with Gasteiger partial charge in [0.2, 0.25) is 23.6 Å². The lowest BCUT2D eigenvalue weighted by Crippen LogP contribution is -2.58. The molecule has 242 valence electrons. The first-order valence-electron chi connectivity index (χ1n) is 14.5. The van der Waals surface area contributed by atoms with Gasteiger partial charge in [-0.3, -0.25) is 19.2 Å². The highest BCUT2D eigenvalue weighted by molar-refractivity contribution is 5.95. The summed E-state index contributed by atoms with van der Waals surface area (Å²) in [5.74, 6) is -4.23. The fourth-order valence-electron chi connectivity index (χ4n) is 4.90. The number of benzene rings is 2. The number of amides is 4.